The maximum atomic E-state index is 11.8. The monoisotopic (exact) mass is 361 g/mol. The van der Waals surface area contributed by atoms with Gasteiger partial charge in [-0.3, -0.25) is 0 Å². The molecule has 129 valence electrons. The fraction of sp³-hybridized carbons (Fsp3) is 0.688. The summed E-state index contributed by atoms with van der Waals surface area (Å²) in [6.45, 7) is 10.2. The summed E-state index contributed by atoms with van der Waals surface area (Å²) >= 11 is 5.02. The first-order valence-electron chi connectivity index (χ1n) is 7.93. The number of nitrogens with one attached hydrogen (secondary N) is 2. The largest absolute Gasteiger partial charge is 0.444 e. The summed E-state index contributed by atoms with van der Waals surface area (Å²) in [5, 5.41) is 2.90. The van der Waals surface area contributed by atoms with Gasteiger partial charge in [0.05, 0.1) is 6.20 Å². The Morgan fingerprint density at radius 1 is 1.46 bits per heavy atom. The smallest absolute Gasteiger partial charge is 0.407 e. The summed E-state index contributed by atoms with van der Waals surface area (Å²) in [7, 11) is 0. The molecule has 1 aliphatic rings. The zero-order chi connectivity index (χ0) is 17.1. The second kappa shape index (κ2) is 8.65. The average molecular weight is 361 g/mol. The molecule has 1 aromatic rings. The van der Waals surface area contributed by atoms with Crippen molar-refractivity contribution in [2.24, 2.45) is 5.41 Å². The number of ether oxygens (including phenoxy) is 1. The molecule has 0 bridgehead atoms. The Labute approximate surface area is 171 Å². The molecule has 1 amide bonds. The molecule has 0 spiro atoms. The number of piperidine rings is 1. The maximum Gasteiger partial charge on any atom is 0.407 e. The Balaban J connectivity index is 0.00000288. The van der Waals surface area contributed by atoms with Gasteiger partial charge in [-0.1, -0.05) is 19.1 Å². The molecule has 1 aliphatic heterocycles. The van der Waals surface area contributed by atoms with Crippen LogP contribution in [0.5, 0.6) is 0 Å². The summed E-state index contributed by atoms with van der Waals surface area (Å²) in [6, 6.07) is 0. The SMILES string of the molecule is CC1(CNC(=O)OC(C)(C)C)CCN(c2c[nH]c(=S)cn2)CC1.[Na]. The van der Waals surface area contributed by atoms with Gasteiger partial charge in [-0.15, -0.1) is 0 Å². The zero-order valence-corrected chi connectivity index (χ0v) is 18.1. The van der Waals surface area contributed by atoms with Crippen molar-refractivity contribution in [3.8, 4) is 0 Å². The van der Waals surface area contributed by atoms with E-state index in [4.69, 9.17) is 17.0 Å². The zero-order valence-electron chi connectivity index (χ0n) is 15.3. The third-order valence-electron chi connectivity index (χ3n) is 4.01. The molecule has 24 heavy (non-hydrogen) atoms. The summed E-state index contributed by atoms with van der Waals surface area (Å²) in [5.41, 5.74) is -0.386. The number of hydrogen-bond acceptors (Lipinski definition) is 5. The van der Waals surface area contributed by atoms with Crippen LogP contribution < -0.4 is 10.2 Å². The van der Waals surface area contributed by atoms with Crippen LogP contribution in [-0.2, 0) is 4.74 Å². The second-order valence-corrected chi connectivity index (χ2v) is 7.86. The molecule has 2 rings (SSSR count). The average Bonchev–Trinajstić information content (AvgIpc) is 2.46. The van der Waals surface area contributed by atoms with Crippen LogP contribution in [0.4, 0.5) is 10.6 Å². The number of amides is 1. The van der Waals surface area contributed by atoms with E-state index in [2.05, 4.69) is 27.1 Å². The molecule has 1 radical (unpaired) electrons. The molecule has 0 atom stereocenters. The number of alkyl carbamates (subject to hydrolysis) is 1. The molecular weight excluding hydrogens is 335 g/mol. The Hall–Kier alpha value is -0.630. The Kier molecular flexibility index (Phi) is 7.72. The first-order valence-corrected chi connectivity index (χ1v) is 8.34. The van der Waals surface area contributed by atoms with E-state index in [-0.39, 0.29) is 41.1 Å². The van der Waals surface area contributed by atoms with Crippen LogP contribution >= 0.6 is 12.2 Å². The van der Waals surface area contributed by atoms with Crippen molar-refractivity contribution >= 4 is 53.7 Å². The van der Waals surface area contributed by atoms with E-state index in [1.54, 1.807) is 6.20 Å². The van der Waals surface area contributed by atoms with Crippen LogP contribution in [0, 0.1) is 10.1 Å². The number of anilines is 1. The van der Waals surface area contributed by atoms with Crippen LogP contribution in [0.25, 0.3) is 0 Å². The number of aromatic amines is 1. The predicted molar refractivity (Wildman–Crippen MR) is 99.0 cm³/mol. The van der Waals surface area contributed by atoms with Crippen molar-refractivity contribution in [3.63, 3.8) is 0 Å². The predicted octanol–water partition coefficient (Wildman–Crippen LogP) is 2.89. The topological polar surface area (TPSA) is 70.2 Å². The van der Waals surface area contributed by atoms with Gasteiger partial charge in [-0.25, -0.2) is 9.78 Å². The molecule has 0 aromatic carbocycles. The van der Waals surface area contributed by atoms with Crippen molar-refractivity contribution in [3.05, 3.63) is 17.0 Å². The van der Waals surface area contributed by atoms with Crippen LogP contribution in [0.2, 0.25) is 0 Å². The van der Waals surface area contributed by atoms with Gasteiger partial charge in [0.15, 0.2) is 0 Å². The van der Waals surface area contributed by atoms with Crippen LogP contribution in [0.3, 0.4) is 0 Å². The van der Waals surface area contributed by atoms with Crippen molar-refractivity contribution in [2.75, 3.05) is 24.5 Å². The van der Waals surface area contributed by atoms with E-state index < -0.39 is 5.60 Å². The molecule has 2 N–H and O–H groups in total. The second-order valence-electron chi connectivity index (χ2n) is 7.42. The first kappa shape index (κ1) is 21.4. The standard InChI is InChI=1S/C16H26N4O2S.Na/c1-15(2,3)22-14(21)19-11-16(4)5-7-20(8-6-16)12-9-18-13(23)10-17-12;/h9-10H,5-8,11H2,1-4H3,(H,18,23)(H,19,21);. The van der Waals surface area contributed by atoms with Gasteiger partial charge in [0.1, 0.15) is 16.1 Å². The van der Waals surface area contributed by atoms with Gasteiger partial charge in [0.2, 0.25) is 0 Å². The summed E-state index contributed by atoms with van der Waals surface area (Å²) in [6.07, 6.45) is 5.14. The van der Waals surface area contributed by atoms with Gasteiger partial charge in [0, 0.05) is 55.4 Å². The van der Waals surface area contributed by atoms with Crippen molar-refractivity contribution in [1.29, 1.82) is 0 Å². The number of rotatable bonds is 3. The maximum absolute atomic E-state index is 11.8. The quantitative estimate of drug-likeness (QED) is 0.640. The third-order valence-corrected chi connectivity index (χ3v) is 4.23. The third kappa shape index (κ3) is 6.70. The van der Waals surface area contributed by atoms with Crippen molar-refractivity contribution in [2.45, 2.75) is 46.1 Å². The van der Waals surface area contributed by atoms with Gasteiger partial charge >= 0.3 is 6.09 Å². The van der Waals surface area contributed by atoms with E-state index in [1.165, 1.54) is 0 Å². The van der Waals surface area contributed by atoms with Crippen molar-refractivity contribution < 1.29 is 9.53 Å². The summed E-state index contributed by atoms with van der Waals surface area (Å²) in [5.74, 6) is 0.917. The van der Waals surface area contributed by atoms with E-state index >= 15 is 0 Å². The molecule has 6 nitrogen and oxygen atoms in total. The summed E-state index contributed by atoms with van der Waals surface area (Å²) < 4.78 is 5.93. The van der Waals surface area contributed by atoms with Gasteiger partial charge in [-0.05, 0) is 39.0 Å². The van der Waals surface area contributed by atoms with Gasteiger partial charge < -0.3 is 19.9 Å². The Morgan fingerprint density at radius 2 is 2.08 bits per heavy atom. The molecular formula is C16H26N4NaO2S. The van der Waals surface area contributed by atoms with E-state index in [9.17, 15) is 4.79 Å². The molecule has 1 saturated heterocycles. The van der Waals surface area contributed by atoms with Crippen molar-refractivity contribution in [1.82, 2.24) is 15.3 Å². The molecule has 1 aromatic heterocycles. The molecule has 8 heteroatoms. The number of H-pyrrole nitrogens is 1. The fourth-order valence-electron chi connectivity index (χ4n) is 2.56. The van der Waals surface area contributed by atoms with Crippen LogP contribution in [0.15, 0.2) is 12.4 Å². The van der Waals surface area contributed by atoms with E-state index in [0.717, 1.165) is 31.7 Å². The Morgan fingerprint density at radius 3 is 2.58 bits per heavy atom. The minimum Gasteiger partial charge on any atom is -0.444 e. The number of aromatic nitrogens is 2. The Bertz CT molecular complexity index is 586. The van der Waals surface area contributed by atoms with E-state index in [1.807, 2.05) is 27.0 Å². The van der Waals surface area contributed by atoms with Gasteiger partial charge in [-0.2, -0.15) is 0 Å². The number of carbonyl (C=O) groups excluding carboxylic acids is 1. The molecule has 0 unspecified atom stereocenters. The number of hydrogen-bond donors (Lipinski definition) is 2. The van der Waals surface area contributed by atoms with Crippen LogP contribution in [0.1, 0.15) is 40.5 Å². The number of nitrogens with zero attached hydrogens (tertiary/aromatic N) is 2. The minimum absolute atomic E-state index is 0. The molecule has 0 saturated carbocycles. The fourth-order valence-corrected chi connectivity index (χ4v) is 2.67. The first-order chi connectivity index (χ1) is 10.7. The normalized spacial score (nSPS) is 16.9. The van der Waals surface area contributed by atoms with E-state index in [0.29, 0.717) is 11.2 Å². The molecule has 2 heterocycles. The summed E-state index contributed by atoms with van der Waals surface area (Å²) in [4.78, 5) is 21.4. The van der Waals surface area contributed by atoms with Crippen LogP contribution in [-0.4, -0.2) is 70.9 Å². The minimum atomic E-state index is -0.465. The van der Waals surface area contributed by atoms with Gasteiger partial charge in [0.25, 0.3) is 0 Å². The molecule has 1 fully saturated rings. The molecule has 0 aliphatic carbocycles. The number of carbonyl (C=O) groups is 1.